The van der Waals surface area contributed by atoms with Crippen LogP contribution in [0.25, 0.3) is 22.3 Å². The summed E-state index contributed by atoms with van der Waals surface area (Å²) in [5.74, 6) is 2.63. The van der Waals surface area contributed by atoms with Crippen LogP contribution in [0.4, 0.5) is 11.6 Å². The molecule has 0 saturated carbocycles. The summed E-state index contributed by atoms with van der Waals surface area (Å²) < 4.78 is 2.53. The van der Waals surface area contributed by atoms with Gasteiger partial charge in [-0.05, 0) is 49.1 Å². The van der Waals surface area contributed by atoms with Gasteiger partial charge in [-0.25, -0.2) is 9.55 Å². The standard InChI is InChI=1S/C31H32BN4/c1-4-28-31(3,5-2)34-23-27(25-14-10-7-11-15-25)17-19-30(34)36-21-20-35(32(28)36)29-18-16-26(22-33-29)24-12-8-6-9-13-24/h6-23,28H,4-5H2,1-3H3/q+1. The van der Waals surface area contributed by atoms with Gasteiger partial charge in [0.25, 0.3) is 5.82 Å². The molecular weight excluding hydrogens is 439 g/mol. The molecule has 2 aromatic heterocycles. The molecule has 2 atom stereocenters. The fourth-order valence-corrected chi connectivity index (χ4v) is 6.10. The molecule has 0 spiro atoms. The maximum absolute atomic E-state index is 4.92. The van der Waals surface area contributed by atoms with Crippen molar-refractivity contribution in [1.82, 2.24) is 4.98 Å². The van der Waals surface area contributed by atoms with Gasteiger partial charge in [0.2, 0.25) is 0 Å². The molecule has 0 N–H and O–H groups in total. The van der Waals surface area contributed by atoms with Crippen molar-refractivity contribution in [3.63, 3.8) is 0 Å². The summed E-state index contributed by atoms with van der Waals surface area (Å²) in [6.45, 7) is 7.27. The topological polar surface area (TPSA) is 23.3 Å². The third-order valence-corrected chi connectivity index (χ3v) is 8.24. The highest BCUT2D eigenvalue weighted by molar-refractivity contribution is 6.71. The lowest BCUT2D eigenvalue weighted by Gasteiger charge is -2.44. The number of anilines is 2. The largest absolute Gasteiger partial charge is 0.514 e. The smallest absolute Gasteiger partial charge is 0.331 e. The minimum atomic E-state index is -0.0235. The highest BCUT2D eigenvalue weighted by Gasteiger charge is 2.60. The maximum Gasteiger partial charge on any atom is 0.514 e. The molecule has 5 heteroatoms. The molecule has 0 saturated heterocycles. The Morgan fingerprint density at radius 3 is 2.03 bits per heavy atom. The zero-order valence-electron chi connectivity index (χ0n) is 21.3. The molecule has 4 aromatic rings. The van der Waals surface area contributed by atoms with Crippen molar-refractivity contribution in [3.05, 3.63) is 110 Å². The molecule has 2 unspecified atom stereocenters. The van der Waals surface area contributed by atoms with E-state index in [1.807, 2.05) is 12.3 Å². The van der Waals surface area contributed by atoms with Crippen molar-refractivity contribution in [1.29, 1.82) is 0 Å². The van der Waals surface area contributed by atoms with E-state index in [9.17, 15) is 0 Å². The van der Waals surface area contributed by atoms with E-state index in [-0.39, 0.29) is 12.5 Å². The summed E-state index contributed by atoms with van der Waals surface area (Å²) in [5.41, 5.74) is 4.82. The van der Waals surface area contributed by atoms with Crippen LogP contribution in [0.1, 0.15) is 33.6 Å². The predicted molar refractivity (Wildman–Crippen MR) is 150 cm³/mol. The Hall–Kier alpha value is -3.86. The number of rotatable bonds is 5. The average molecular weight is 471 g/mol. The quantitative estimate of drug-likeness (QED) is 0.233. The SMILES string of the molecule is CCC1B2N(c3ccc(-c4ccccc4)cn3)C=CN2c2ccc(-c3ccccc3)c[n+]2C1(C)CC. The molecule has 2 aliphatic rings. The zero-order valence-corrected chi connectivity index (χ0v) is 21.3. The molecule has 2 aromatic carbocycles. The number of pyridine rings is 2. The van der Waals surface area contributed by atoms with Crippen molar-refractivity contribution in [2.24, 2.45) is 0 Å². The molecule has 0 radical (unpaired) electrons. The maximum atomic E-state index is 4.92. The number of hydrogen-bond acceptors (Lipinski definition) is 3. The molecule has 0 amide bonds. The highest BCUT2D eigenvalue weighted by atomic mass is 15.4. The van der Waals surface area contributed by atoms with Crippen LogP contribution in [0.5, 0.6) is 0 Å². The fraction of sp³-hybridized carbons (Fsp3) is 0.226. The Morgan fingerprint density at radius 2 is 1.42 bits per heavy atom. The monoisotopic (exact) mass is 471 g/mol. The Morgan fingerprint density at radius 1 is 0.778 bits per heavy atom. The van der Waals surface area contributed by atoms with Crippen LogP contribution in [0.3, 0.4) is 0 Å². The van der Waals surface area contributed by atoms with Crippen molar-refractivity contribution in [3.8, 4) is 22.3 Å². The Bertz CT molecular complexity index is 1390. The highest BCUT2D eigenvalue weighted by Crippen LogP contribution is 2.45. The first-order valence-electron chi connectivity index (χ1n) is 13.0. The van der Waals surface area contributed by atoms with Gasteiger partial charge >= 0.3 is 6.98 Å². The van der Waals surface area contributed by atoms with Gasteiger partial charge in [-0.1, -0.05) is 74.5 Å². The van der Waals surface area contributed by atoms with Gasteiger partial charge in [-0.2, -0.15) is 0 Å². The summed E-state index contributed by atoms with van der Waals surface area (Å²) in [4.78, 5) is 9.73. The summed E-state index contributed by atoms with van der Waals surface area (Å²) in [7, 11) is 0. The van der Waals surface area contributed by atoms with E-state index in [4.69, 9.17) is 4.98 Å². The third-order valence-electron chi connectivity index (χ3n) is 8.24. The van der Waals surface area contributed by atoms with Crippen LogP contribution in [0.15, 0.2) is 110 Å². The average Bonchev–Trinajstić information content (AvgIpc) is 3.39. The summed E-state index contributed by atoms with van der Waals surface area (Å²) in [5, 5.41) is 0. The van der Waals surface area contributed by atoms with E-state index in [0.29, 0.717) is 5.82 Å². The van der Waals surface area contributed by atoms with Crippen LogP contribution >= 0.6 is 0 Å². The van der Waals surface area contributed by atoms with Crippen molar-refractivity contribution < 1.29 is 4.57 Å². The van der Waals surface area contributed by atoms with Crippen LogP contribution in [-0.2, 0) is 5.54 Å². The van der Waals surface area contributed by atoms with Gasteiger partial charge in [0, 0.05) is 35.4 Å². The lowest BCUT2D eigenvalue weighted by Crippen LogP contribution is -2.70. The van der Waals surface area contributed by atoms with Crippen LogP contribution in [-0.4, -0.2) is 12.0 Å². The van der Waals surface area contributed by atoms with E-state index in [1.54, 1.807) is 0 Å². The number of hydrogen-bond donors (Lipinski definition) is 0. The lowest BCUT2D eigenvalue weighted by molar-refractivity contribution is -0.752. The molecule has 36 heavy (non-hydrogen) atoms. The molecule has 0 bridgehead atoms. The molecule has 6 rings (SSSR count). The van der Waals surface area contributed by atoms with Gasteiger partial charge in [0.05, 0.1) is 12.4 Å². The molecule has 4 heterocycles. The third kappa shape index (κ3) is 3.53. The fourth-order valence-electron chi connectivity index (χ4n) is 6.10. The zero-order chi connectivity index (χ0) is 24.7. The van der Waals surface area contributed by atoms with Gasteiger partial charge in [0.1, 0.15) is 11.4 Å². The Balaban J connectivity index is 1.40. The van der Waals surface area contributed by atoms with Crippen molar-refractivity contribution >= 4 is 18.6 Å². The second-order valence-electron chi connectivity index (χ2n) is 10.0. The van der Waals surface area contributed by atoms with E-state index < -0.39 is 0 Å². The van der Waals surface area contributed by atoms with Crippen molar-refractivity contribution in [2.75, 3.05) is 9.62 Å². The molecule has 0 fully saturated rings. The summed E-state index contributed by atoms with van der Waals surface area (Å²) in [6.07, 6.45) is 10.9. The van der Waals surface area contributed by atoms with Crippen LogP contribution < -0.4 is 14.2 Å². The molecule has 178 valence electrons. The van der Waals surface area contributed by atoms with E-state index in [1.165, 1.54) is 22.5 Å². The van der Waals surface area contributed by atoms with Gasteiger partial charge < -0.3 is 4.81 Å². The molecule has 0 aliphatic carbocycles. The van der Waals surface area contributed by atoms with E-state index in [0.717, 1.165) is 24.2 Å². The van der Waals surface area contributed by atoms with Crippen LogP contribution in [0, 0.1) is 0 Å². The van der Waals surface area contributed by atoms with Gasteiger partial charge in [-0.15, -0.1) is 0 Å². The number of nitrogens with zero attached hydrogens (tertiary/aromatic N) is 4. The molecule has 2 aliphatic heterocycles. The van der Waals surface area contributed by atoms with Gasteiger partial charge in [0.15, 0.2) is 0 Å². The first-order chi connectivity index (χ1) is 17.6. The minimum Gasteiger partial charge on any atom is -0.331 e. The van der Waals surface area contributed by atoms with Gasteiger partial charge in [-0.3, -0.25) is 4.81 Å². The Kier molecular flexibility index (Phi) is 5.64. The lowest BCUT2D eigenvalue weighted by atomic mass is 9.49. The predicted octanol–water partition coefficient (Wildman–Crippen LogP) is 6.91. The number of aromatic nitrogens is 2. The minimum absolute atomic E-state index is 0.0235. The second kappa shape index (κ2) is 8.98. The number of fused-ring (bicyclic) bond motifs is 3. The molecular formula is C31H32BN4+. The summed E-state index contributed by atoms with van der Waals surface area (Å²) >= 11 is 0. The molecule has 4 nitrogen and oxygen atoms in total. The van der Waals surface area contributed by atoms with Crippen molar-refractivity contribution in [2.45, 2.75) is 45.0 Å². The van der Waals surface area contributed by atoms with E-state index in [2.05, 4.69) is 132 Å². The Labute approximate surface area is 214 Å². The summed E-state index contributed by atoms with van der Waals surface area (Å²) in [6, 6.07) is 30.0. The van der Waals surface area contributed by atoms with E-state index >= 15 is 0 Å². The second-order valence-corrected chi connectivity index (χ2v) is 10.0. The first-order valence-corrected chi connectivity index (χ1v) is 13.0. The first kappa shape index (κ1) is 22.6. The number of benzene rings is 2. The van der Waals surface area contributed by atoms with Crippen LogP contribution in [0.2, 0.25) is 5.82 Å². The normalized spacial score (nSPS) is 20.4.